The molecule has 21 heavy (non-hydrogen) atoms. The minimum atomic E-state index is 0.416. The van der Waals surface area contributed by atoms with Crippen LogP contribution in [-0.4, -0.2) is 20.7 Å². The molecule has 108 valence electrons. The van der Waals surface area contributed by atoms with E-state index >= 15 is 0 Å². The minimum absolute atomic E-state index is 0.416. The third-order valence-corrected chi connectivity index (χ3v) is 7.27. The van der Waals surface area contributed by atoms with Crippen LogP contribution in [0.5, 0.6) is 0 Å². The Hall–Kier alpha value is -1.37. The van der Waals surface area contributed by atoms with Crippen LogP contribution in [0, 0.1) is 13.8 Å². The van der Waals surface area contributed by atoms with E-state index in [9.17, 15) is 4.79 Å². The molecule has 0 spiro atoms. The Labute approximate surface area is 132 Å². The predicted octanol–water partition coefficient (Wildman–Crippen LogP) is 4.15. The van der Waals surface area contributed by atoms with Crippen molar-refractivity contribution in [1.29, 1.82) is 0 Å². The first-order valence-electron chi connectivity index (χ1n) is 7.42. The van der Waals surface area contributed by atoms with Gasteiger partial charge in [-0.2, -0.15) is 0 Å². The molecule has 1 heterocycles. The number of carbonyl (C=O) groups is 1. The zero-order valence-electron chi connectivity index (χ0n) is 12.5. The summed E-state index contributed by atoms with van der Waals surface area (Å²) in [4.78, 5) is 13.0. The van der Waals surface area contributed by atoms with Crippen molar-refractivity contribution in [3.63, 3.8) is 0 Å². The Morgan fingerprint density at radius 1 is 0.762 bits per heavy atom. The Bertz CT molecular complexity index is 572. The Balaban J connectivity index is 1.82. The summed E-state index contributed by atoms with van der Waals surface area (Å²) in [5, 5.41) is 0. The van der Waals surface area contributed by atoms with Crippen molar-refractivity contribution in [2.24, 2.45) is 0 Å². The van der Waals surface area contributed by atoms with Gasteiger partial charge in [0.25, 0.3) is 0 Å². The summed E-state index contributed by atoms with van der Waals surface area (Å²) in [6.45, 7) is 4.21. The third kappa shape index (κ3) is 3.45. The second-order valence-electron chi connectivity index (χ2n) is 5.88. The number of carbonyl (C=O) groups excluding carboxylic acids is 1. The normalized spacial score (nSPS) is 22.3. The summed E-state index contributed by atoms with van der Waals surface area (Å²) >= 11 is 0.443. The van der Waals surface area contributed by atoms with E-state index in [0.29, 0.717) is 30.4 Å². The van der Waals surface area contributed by atoms with E-state index in [2.05, 4.69) is 62.4 Å². The molecule has 2 atom stereocenters. The predicted molar refractivity (Wildman–Crippen MR) is 87.8 cm³/mol. The maximum atomic E-state index is 12.2. The monoisotopic (exact) mass is 344 g/mol. The van der Waals surface area contributed by atoms with Gasteiger partial charge in [0.05, 0.1) is 0 Å². The molecule has 0 radical (unpaired) electrons. The summed E-state index contributed by atoms with van der Waals surface area (Å²) in [5.41, 5.74) is 5.24. The van der Waals surface area contributed by atoms with E-state index in [1.807, 2.05) is 0 Å². The molecule has 0 aliphatic carbocycles. The summed E-state index contributed by atoms with van der Waals surface area (Å²) in [7, 11) is 0. The Kier molecular flexibility index (Phi) is 4.28. The van der Waals surface area contributed by atoms with E-state index in [-0.39, 0.29) is 0 Å². The summed E-state index contributed by atoms with van der Waals surface area (Å²) in [6.07, 6.45) is 1.46. The first kappa shape index (κ1) is 14.6. The van der Waals surface area contributed by atoms with Crippen LogP contribution in [0.4, 0.5) is 0 Å². The van der Waals surface area contributed by atoms with E-state index in [4.69, 9.17) is 0 Å². The van der Waals surface area contributed by atoms with Gasteiger partial charge < -0.3 is 0 Å². The third-order valence-electron chi connectivity index (χ3n) is 4.05. The fourth-order valence-electron chi connectivity index (χ4n) is 2.75. The molecule has 0 N–H and O–H groups in total. The molecule has 3 rings (SSSR count). The second kappa shape index (κ2) is 6.17. The molecular weight excluding hydrogens is 323 g/mol. The molecule has 1 aliphatic heterocycles. The number of ketones is 1. The van der Waals surface area contributed by atoms with E-state index < -0.39 is 0 Å². The van der Waals surface area contributed by atoms with Crippen LogP contribution >= 0.6 is 0 Å². The van der Waals surface area contributed by atoms with Crippen LogP contribution < -0.4 is 0 Å². The van der Waals surface area contributed by atoms with Gasteiger partial charge in [0.15, 0.2) is 0 Å². The first-order chi connectivity index (χ1) is 10.1. The number of benzene rings is 2. The van der Waals surface area contributed by atoms with Gasteiger partial charge in [0.1, 0.15) is 0 Å². The van der Waals surface area contributed by atoms with Crippen LogP contribution in [-0.2, 0) is 4.79 Å². The van der Waals surface area contributed by atoms with Crippen LogP contribution in [0.1, 0.15) is 44.7 Å². The molecule has 2 heteroatoms. The second-order valence-corrected chi connectivity index (χ2v) is 8.84. The number of aryl methyl sites for hydroxylation is 2. The Morgan fingerprint density at radius 3 is 1.52 bits per heavy atom. The van der Waals surface area contributed by atoms with Gasteiger partial charge in [-0.25, -0.2) is 0 Å². The average Bonchev–Trinajstić information content (AvgIpc) is 2.48. The van der Waals surface area contributed by atoms with Crippen LogP contribution in [0.25, 0.3) is 0 Å². The molecule has 0 bridgehead atoms. The first-order valence-corrected chi connectivity index (χ1v) is 9.40. The van der Waals surface area contributed by atoms with Crippen LogP contribution in [0.2, 0.25) is 0 Å². The molecule has 2 unspecified atom stereocenters. The van der Waals surface area contributed by atoms with Gasteiger partial charge in [0.2, 0.25) is 0 Å². The number of rotatable bonds is 2. The number of hydrogen-bond acceptors (Lipinski definition) is 1. The molecule has 1 fully saturated rings. The van der Waals surface area contributed by atoms with Gasteiger partial charge >= 0.3 is 133 Å². The summed E-state index contributed by atoms with van der Waals surface area (Å²) < 4.78 is 0. The van der Waals surface area contributed by atoms with Crippen molar-refractivity contribution >= 4 is 20.7 Å². The average molecular weight is 343 g/mol. The van der Waals surface area contributed by atoms with Crippen molar-refractivity contribution in [2.75, 3.05) is 0 Å². The summed E-state index contributed by atoms with van der Waals surface area (Å²) in [5.74, 6) is 0.416. The topological polar surface area (TPSA) is 17.1 Å². The molecule has 0 saturated carbocycles. The fraction of sp³-hybridized carbons (Fsp3) is 0.316. The van der Waals surface area contributed by atoms with Crippen LogP contribution in [0.15, 0.2) is 48.5 Å². The van der Waals surface area contributed by atoms with Crippen molar-refractivity contribution in [3.05, 3.63) is 70.8 Å². The Morgan fingerprint density at radius 2 is 1.14 bits per heavy atom. The summed E-state index contributed by atoms with van der Waals surface area (Å²) in [6, 6.07) is 17.4. The maximum absolute atomic E-state index is 12.2. The molecule has 2 aromatic rings. The molecule has 0 amide bonds. The SMILES string of the molecule is Cc1ccc(C2CC(=O)CC(c3ccc(C)cc3)[Se]2)cc1. The molecule has 1 aliphatic rings. The van der Waals surface area contributed by atoms with E-state index in [1.54, 1.807) is 0 Å². The molecular formula is C19H20OSe. The zero-order chi connectivity index (χ0) is 14.8. The van der Waals surface area contributed by atoms with E-state index in [1.165, 1.54) is 22.3 Å². The van der Waals surface area contributed by atoms with E-state index in [0.717, 1.165) is 12.8 Å². The van der Waals surface area contributed by atoms with Crippen molar-refractivity contribution in [1.82, 2.24) is 0 Å². The van der Waals surface area contributed by atoms with Crippen molar-refractivity contribution in [3.8, 4) is 0 Å². The van der Waals surface area contributed by atoms with Gasteiger partial charge in [0, 0.05) is 0 Å². The fourth-order valence-corrected chi connectivity index (χ4v) is 6.08. The van der Waals surface area contributed by atoms with Crippen molar-refractivity contribution in [2.45, 2.75) is 36.3 Å². The van der Waals surface area contributed by atoms with Gasteiger partial charge in [-0.15, -0.1) is 0 Å². The number of hydrogen-bond donors (Lipinski definition) is 0. The van der Waals surface area contributed by atoms with Gasteiger partial charge in [-0.05, 0) is 0 Å². The quantitative estimate of drug-likeness (QED) is 0.749. The van der Waals surface area contributed by atoms with Gasteiger partial charge in [-0.3, -0.25) is 0 Å². The molecule has 1 saturated heterocycles. The van der Waals surface area contributed by atoms with Gasteiger partial charge in [-0.1, -0.05) is 0 Å². The van der Waals surface area contributed by atoms with Crippen LogP contribution in [0.3, 0.4) is 0 Å². The zero-order valence-corrected chi connectivity index (χ0v) is 14.2. The molecule has 1 nitrogen and oxygen atoms in total. The number of Topliss-reactive ketones (excluding diaryl/α,β-unsaturated/α-hetero) is 1. The molecule has 2 aromatic carbocycles. The standard InChI is InChI=1S/C19H20OSe/c1-13-3-7-15(8-4-13)18-11-17(20)12-19(21-18)16-9-5-14(2)6-10-16/h3-10,18-19H,11-12H2,1-2H3. The van der Waals surface area contributed by atoms with Crippen molar-refractivity contribution < 1.29 is 4.79 Å². The molecule has 0 aromatic heterocycles.